The largest absolute Gasteiger partial charge is 0.493 e. The standard InChI is InChI=1S/C28H24N2O5/c1-34-26-15-20(11-14-25(26)35-18-19-9-12-22(13-10-19)28(32)33)17-29-30-27(31)16-23-7-4-6-21-5-2-3-8-24(21)23/h2-15,17H,16,18H2,1H3,(H,30,31)(H,32,33)/b29-17-. The van der Waals surface area contributed by atoms with Gasteiger partial charge in [0.05, 0.1) is 25.3 Å². The van der Waals surface area contributed by atoms with Crippen LogP contribution in [0, 0.1) is 0 Å². The molecule has 7 heteroatoms. The second-order valence-electron chi connectivity index (χ2n) is 7.81. The van der Waals surface area contributed by atoms with Gasteiger partial charge in [-0.3, -0.25) is 4.79 Å². The summed E-state index contributed by atoms with van der Waals surface area (Å²) in [6, 6.07) is 25.6. The number of fused-ring (bicyclic) bond motifs is 1. The number of amides is 1. The van der Waals surface area contributed by atoms with Crippen LogP contribution >= 0.6 is 0 Å². The van der Waals surface area contributed by atoms with Crippen LogP contribution in [-0.2, 0) is 17.8 Å². The molecule has 4 aromatic rings. The molecule has 4 aromatic carbocycles. The highest BCUT2D eigenvalue weighted by Crippen LogP contribution is 2.28. The zero-order valence-corrected chi connectivity index (χ0v) is 19.1. The van der Waals surface area contributed by atoms with Gasteiger partial charge in [0, 0.05) is 0 Å². The number of carboxylic acids is 1. The number of hydrogen-bond acceptors (Lipinski definition) is 5. The van der Waals surface area contributed by atoms with Gasteiger partial charge in [-0.15, -0.1) is 0 Å². The lowest BCUT2D eigenvalue weighted by Gasteiger charge is -2.11. The van der Waals surface area contributed by atoms with Gasteiger partial charge < -0.3 is 14.6 Å². The maximum atomic E-state index is 12.4. The highest BCUT2D eigenvalue weighted by molar-refractivity contribution is 5.91. The minimum Gasteiger partial charge on any atom is -0.493 e. The van der Waals surface area contributed by atoms with Crippen LogP contribution in [0.25, 0.3) is 10.8 Å². The Labute approximate surface area is 202 Å². The molecular formula is C28H24N2O5. The molecule has 1 amide bonds. The molecule has 7 nitrogen and oxygen atoms in total. The average molecular weight is 469 g/mol. The van der Waals surface area contributed by atoms with Gasteiger partial charge in [-0.25, -0.2) is 10.2 Å². The van der Waals surface area contributed by atoms with Crippen LogP contribution in [0.4, 0.5) is 0 Å². The van der Waals surface area contributed by atoms with Gasteiger partial charge in [-0.05, 0) is 57.8 Å². The van der Waals surface area contributed by atoms with Crippen molar-refractivity contribution in [1.29, 1.82) is 0 Å². The SMILES string of the molecule is COc1cc(/C=N\NC(=O)Cc2cccc3ccccc23)ccc1OCc1ccc(C(=O)O)cc1. The number of carboxylic acid groups (broad SMARTS) is 1. The maximum Gasteiger partial charge on any atom is 0.335 e. The Bertz CT molecular complexity index is 1370. The Morgan fingerprint density at radius 1 is 0.943 bits per heavy atom. The second kappa shape index (κ2) is 11.0. The summed E-state index contributed by atoms with van der Waals surface area (Å²) < 4.78 is 11.2. The van der Waals surface area contributed by atoms with Crippen LogP contribution in [0.5, 0.6) is 11.5 Å². The van der Waals surface area contributed by atoms with Crippen molar-refractivity contribution in [2.75, 3.05) is 7.11 Å². The van der Waals surface area contributed by atoms with E-state index in [1.807, 2.05) is 42.5 Å². The predicted molar refractivity (Wildman–Crippen MR) is 134 cm³/mol. The second-order valence-corrected chi connectivity index (χ2v) is 7.81. The number of rotatable bonds is 9. The Morgan fingerprint density at radius 2 is 1.71 bits per heavy atom. The Morgan fingerprint density at radius 3 is 2.49 bits per heavy atom. The van der Waals surface area contributed by atoms with Gasteiger partial charge in [-0.2, -0.15) is 5.10 Å². The van der Waals surface area contributed by atoms with Crippen molar-refractivity contribution in [1.82, 2.24) is 5.43 Å². The van der Waals surface area contributed by atoms with Gasteiger partial charge in [0.2, 0.25) is 5.91 Å². The number of nitrogens with zero attached hydrogens (tertiary/aromatic N) is 1. The van der Waals surface area contributed by atoms with Crippen molar-refractivity contribution in [3.05, 3.63) is 107 Å². The third-order valence-electron chi connectivity index (χ3n) is 5.42. The maximum absolute atomic E-state index is 12.4. The monoisotopic (exact) mass is 468 g/mol. The quantitative estimate of drug-likeness (QED) is 0.271. The van der Waals surface area contributed by atoms with Crippen LogP contribution in [-0.4, -0.2) is 30.3 Å². The molecular weight excluding hydrogens is 444 g/mol. The smallest absolute Gasteiger partial charge is 0.335 e. The number of aromatic carboxylic acids is 1. The first-order valence-electron chi connectivity index (χ1n) is 10.9. The molecule has 0 saturated heterocycles. The van der Waals surface area contributed by atoms with E-state index in [1.165, 1.54) is 25.5 Å². The summed E-state index contributed by atoms with van der Waals surface area (Å²) in [6.45, 7) is 0.258. The summed E-state index contributed by atoms with van der Waals surface area (Å²) in [5, 5.41) is 15.2. The van der Waals surface area contributed by atoms with Crippen LogP contribution in [0.15, 0.2) is 90.0 Å². The lowest BCUT2D eigenvalue weighted by atomic mass is 10.0. The van der Waals surface area contributed by atoms with E-state index in [4.69, 9.17) is 14.6 Å². The highest BCUT2D eigenvalue weighted by atomic mass is 16.5. The van der Waals surface area contributed by atoms with Crippen LogP contribution in [0.1, 0.15) is 27.0 Å². The molecule has 2 N–H and O–H groups in total. The van der Waals surface area contributed by atoms with E-state index < -0.39 is 5.97 Å². The first-order chi connectivity index (χ1) is 17.0. The van der Waals surface area contributed by atoms with Crippen molar-refractivity contribution in [3.8, 4) is 11.5 Å². The van der Waals surface area contributed by atoms with E-state index in [0.717, 1.165) is 27.5 Å². The summed E-state index contributed by atoms with van der Waals surface area (Å²) in [4.78, 5) is 23.4. The molecule has 0 heterocycles. The van der Waals surface area contributed by atoms with Gasteiger partial charge in [-0.1, -0.05) is 54.6 Å². The van der Waals surface area contributed by atoms with E-state index in [-0.39, 0.29) is 24.5 Å². The third kappa shape index (κ3) is 6.03. The zero-order chi connectivity index (χ0) is 24.6. The topological polar surface area (TPSA) is 97.2 Å². The van der Waals surface area contributed by atoms with Crippen molar-refractivity contribution in [2.24, 2.45) is 5.10 Å². The molecule has 35 heavy (non-hydrogen) atoms. The Kier molecular flexibility index (Phi) is 7.37. The minimum absolute atomic E-state index is 0.210. The predicted octanol–water partition coefficient (Wildman–Crippen LogP) is 4.82. The number of nitrogens with one attached hydrogen (secondary N) is 1. The fourth-order valence-corrected chi connectivity index (χ4v) is 3.63. The van der Waals surface area contributed by atoms with Gasteiger partial charge >= 0.3 is 5.97 Å². The lowest BCUT2D eigenvalue weighted by Crippen LogP contribution is -2.19. The summed E-state index contributed by atoms with van der Waals surface area (Å²) in [5.41, 5.74) is 5.29. The van der Waals surface area contributed by atoms with E-state index >= 15 is 0 Å². The van der Waals surface area contributed by atoms with Crippen LogP contribution in [0.3, 0.4) is 0 Å². The minimum atomic E-state index is -0.971. The van der Waals surface area contributed by atoms with E-state index in [9.17, 15) is 9.59 Å². The van der Waals surface area contributed by atoms with E-state index in [0.29, 0.717) is 11.5 Å². The first kappa shape index (κ1) is 23.5. The number of benzene rings is 4. The average Bonchev–Trinajstić information content (AvgIpc) is 2.88. The molecule has 0 aliphatic rings. The molecule has 0 atom stereocenters. The van der Waals surface area contributed by atoms with Crippen molar-refractivity contribution in [2.45, 2.75) is 13.0 Å². The molecule has 0 radical (unpaired) electrons. The van der Waals surface area contributed by atoms with Gasteiger partial charge in [0.15, 0.2) is 11.5 Å². The number of hydrazone groups is 1. The molecule has 0 unspecified atom stereocenters. The normalized spacial score (nSPS) is 10.9. The van der Waals surface area contributed by atoms with Gasteiger partial charge in [0.25, 0.3) is 0 Å². The van der Waals surface area contributed by atoms with Crippen molar-refractivity contribution < 1.29 is 24.2 Å². The molecule has 0 fully saturated rings. The fourth-order valence-electron chi connectivity index (χ4n) is 3.63. The van der Waals surface area contributed by atoms with Crippen molar-refractivity contribution >= 4 is 28.9 Å². The number of ether oxygens (including phenoxy) is 2. The number of methoxy groups -OCH3 is 1. The summed E-state index contributed by atoms with van der Waals surface area (Å²) in [5.74, 6) is -0.135. The van der Waals surface area contributed by atoms with Gasteiger partial charge in [0.1, 0.15) is 6.61 Å². The molecule has 176 valence electrons. The number of carbonyl (C=O) groups is 2. The van der Waals surface area contributed by atoms with Crippen LogP contribution < -0.4 is 14.9 Å². The highest BCUT2D eigenvalue weighted by Gasteiger charge is 2.08. The first-order valence-corrected chi connectivity index (χ1v) is 10.9. The fraction of sp³-hybridized carbons (Fsp3) is 0.107. The molecule has 0 aliphatic carbocycles. The van der Waals surface area contributed by atoms with E-state index in [2.05, 4.69) is 10.5 Å². The van der Waals surface area contributed by atoms with Crippen molar-refractivity contribution in [3.63, 3.8) is 0 Å². The summed E-state index contributed by atoms with van der Waals surface area (Å²) >= 11 is 0. The Hall–Kier alpha value is -4.65. The van der Waals surface area contributed by atoms with Crippen LogP contribution in [0.2, 0.25) is 0 Å². The Balaban J connectivity index is 1.35. The number of carbonyl (C=O) groups excluding carboxylic acids is 1. The lowest BCUT2D eigenvalue weighted by molar-refractivity contribution is -0.120. The molecule has 0 spiro atoms. The molecule has 0 aliphatic heterocycles. The summed E-state index contributed by atoms with van der Waals surface area (Å²) in [6.07, 6.45) is 1.76. The molecule has 4 rings (SSSR count). The molecule has 0 saturated carbocycles. The zero-order valence-electron chi connectivity index (χ0n) is 19.1. The van der Waals surface area contributed by atoms with E-state index in [1.54, 1.807) is 30.3 Å². The molecule has 0 aromatic heterocycles. The third-order valence-corrected chi connectivity index (χ3v) is 5.42. The number of hydrogen-bond donors (Lipinski definition) is 2. The summed E-state index contributed by atoms with van der Waals surface area (Å²) in [7, 11) is 1.54. The molecule has 0 bridgehead atoms.